The lowest BCUT2D eigenvalue weighted by Crippen LogP contribution is -2.48. The normalized spacial score (nSPS) is 16.8. The lowest BCUT2D eigenvalue weighted by molar-refractivity contribution is 0.0909. The van der Waals surface area contributed by atoms with Crippen LogP contribution in [0.5, 0.6) is 0 Å². The van der Waals surface area contributed by atoms with Gasteiger partial charge >= 0.3 is 0 Å². The van der Waals surface area contributed by atoms with Crippen LogP contribution in [0.3, 0.4) is 0 Å². The minimum absolute atomic E-state index is 0.204. The predicted molar refractivity (Wildman–Crippen MR) is 111 cm³/mol. The minimum Gasteiger partial charge on any atom is -0.455 e. The second-order valence-electron chi connectivity index (χ2n) is 6.74. The molecule has 1 aromatic heterocycles. The third kappa shape index (κ3) is 5.91. The van der Waals surface area contributed by atoms with Crippen LogP contribution in [0.1, 0.15) is 23.2 Å². The topological polar surface area (TPSA) is 65.8 Å². The maximum absolute atomic E-state index is 12.4. The number of carbonyl (C=O) groups is 1. The zero-order chi connectivity index (χ0) is 19.9. The van der Waals surface area contributed by atoms with Crippen molar-refractivity contribution in [3.05, 3.63) is 52.9 Å². The fourth-order valence-corrected chi connectivity index (χ4v) is 4.47. The van der Waals surface area contributed by atoms with Crippen LogP contribution in [0.2, 0.25) is 5.02 Å². The van der Waals surface area contributed by atoms with Crippen LogP contribution in [-0.2, 0) is 16.6 Å². The summed E-state index contributed by atoms with van der Waals surface area (Å²) in [7, 11) is -1.28. The molecule has 6 nitrogen and oxygen atoms in total. The Kier molecular flexibility index (Phi) is 7.67. The molecule has 28 heavy (non-hydrogen) atoms. The second kappa shape index (κ2) is 10.2. The first-order valence-electron chi connectivity index (χ1n) is 9.50. The first kappa shape index (κ1) is 21.0. The molecule has 0 saturated carbocycles. The minimum atomic E-state index is -1.28. The van der Waals surface area contributed by atoms with Gasteiger partial charge in [-0.15, -0.1) is 0 Å². The van der Waals surface area contributed by atoms with E-state index in [0.29, 0.717) is 22.2 Å². The van der Waals surface area contributed by atoms with Crippen LogP contribution < -0.4 is 5.32 Å². The highest BCUT2D eigenvalue weighted by Gasteiger charge is 2.17. The molecule has 2 aromatic rings. The summed E-state index contributed by atoms with van der Waals surface area (Å²) in [5, 5.41) is 3.44. The summed E-state index contributed by atoms with van der Waals surface area (Å²) in [5.74, 6) is 0.718. The van der Waals surface area contributed by atoms with Crippen LogP contribution in [-0.4, -0.2) is 65.7 Å². The summed E-state index contributed by atoms with van der Waals surface area (Å²) >= 11 is 5.94. The number of benzene rings is 1. The fourth-order valence-electron chi connectivity index (χ4n) is 3.14. The Hall–Kier alpha value is -1.67. The van der Waals surface area contributed by atoms with Gasteiger partial charge in [0.25, 0.3) is 5.91 Å². The number of furan rings is 1. The molecule has 1 amide bonds. The third-order valence-electron chi connectivity index (χ3n) is 4.84. The average molecular weight is 424 g/mol. The van der Waals surface area contributed by atoms with Crippen LogP contribution in [0.4, 0.5) is 0 Å². The van der Waals surface area contributed by atoms with Gasteiger partial charge in [-0.2, -0.15) is 0 Å². The number of rotatable bonds is 8. The summed E-state index contributed by atoms with van der Waals surface area (Å²) in [6, 6.07) is 10.3. The number of hydrogen-bond acceptors (Lipinski definition) is 5. The third-order valence-corrected chi connectivity index (χ3v) is 6.41. The number of halogens is 1. The Morgan fingerprint density at radius 2 is 1.93 bits per heavy atom. The summed E-state index contributed by atoms with van der Waals surface area (Å²) in [6.45, 7) is 8.90. The Labute approximate surface area is 173 Å². The number of carbonyl (C=O) groups excluding carboxylic acids is 1. The SMILES string of the molecule is CCN1CCN(CCNC(=O)c2ccc(C[S@@](=O)c3cccc(Cl)c3)o2)CC1. The molecule has 1 aromatic carbocycles. The molecule has 0 bridgehead atoms. The van der Waals surface area contributed by atoms with Gasteiger partial charge in [-0.3, -0.25) is 13.9 Å². The van der Waals surface area contributed by atoms with Crippen LogP contribution in [0.15, 0.2) is 45.7 Å². The summed E-state index contributed by atoms with van der Waals surface area (Å²) < 4.78 is 18.0. The molecule has 8 heteroatoms. The van der Waals surface area contributed by atoms with Crippen molar-refractivity contribution in [2.24, 2.45) is 0 Å². The van der Waals surface area contributed by atoms with E-state index in [1.807, 2.05) is 0 Å². The zero-order valence-electron chi connectivity index (χ0n) is 16.0. The van der Waals surface area contributed by atoms with E-state index in [2.05, 4.69) is 22.0 Å². The van der Waals surface area contributed by atoms with E-state index >= 15 is 0 Å². The first-order valence-corrected chi connectivity index (χ1v) is 11.2. The van der Waals surface area contributed by atoms with E-state index in [1.54, 1.807) is 36.4 Å². The molecule has 1 fully saturated rings. The molecular formula is C20H26ClN3O3S. The zero-order valence-corrected chi connectivity index (χ0v) is 17.6. The Morgan fingerprint density at radius 3 is 2.64 bits per heavy atom. The maximum Gasteiger partial charge on any atom is 0.287 e. The molecule has 0 radical (unpaired) electrons. The molecule has 0 aliphatic carbocycles. The largest absolute Gasteiger partial charge is 0.455 e. The lowest BCUT2D eigenvalue weighted by Gasteiger charge is -2.33. The smallest absolute Gasteiger partial charge is 0.287 e. The first-order chi connectivity index (χ1) is 13.5. The van der Waals surface area contributed by atoms with Gasteiger partial charge in [0.05, 0.1) is 16.6 Å². The number of hydrogen-bond donors (Lipinski definition) is 1. The highest BCUT2D eigenvalue weighted by Crippen LogP contribution is 2.18. The van der Waals surface area contributed by atoms with E-state index in [9.17, 15) is 9.00 Å². The van der Waals surface area contributed by atoms with Crippen LogP contribution in [0.25, 0.3) is 0 Å². The van der Waals surface area contributed by atoms with E-state index < -0.39 is 10.8 Å². The number of amides is 1. The molecule has 1 saturated heterocycles. The fraction of sp³-hybridized carbons (Fsp3) is 0.450. The number of piperazine rings is 1. The molecule has 0 unspecified atom stereocenters. The molecule has 3 rings (SSSR count). The standard InChI is InChI=1S/C20H26ClN3O3S/c1-2-23-10-12-24(13-11-23)9-8-22-20(25)19-7-6-17(27-19)15-28(26)18-5-3-4-16(21)14-18/h3-7,14H,2,8-13,15H2,1H3,(H,22,25)/t28-/m1/s1. The van der Waals surface area contributed by atoms with Crippen LogP contribution in [0, 0.1) is 0 Å². The summed E-state index contributed by atoms with van der Waals surface area (Å²) in [4.78, 5) is 17.7. The van der Waals surface area contributed by atoms with Crippen molar-refractivity contribution in [1.29, 1.82) is 0 Å². The molecule has 2 heterocycles. The van der Waals surface area contributed by atoms with Gasteiger partial charge < -0.3 is 14.6 Å². The molecule has 0 spiro atoms. The van der Waals surface area contributed by atoms with Gasteiger partial charge in [0, 0.05) is 49.2 Å². The predicted octanol–water partition coefficient (Wildman–Crippen LogP) is 2.61. The Bertz CT molecular complexity index is 819. The van der Waals surface area contributed by atoms with E-state index in [-0.39, 0.29) is 17.4 Å². The molecular weight excluding hydrogens is 398 g/mol. The Balaban J connectivity index is 1.44. The lowest BCUT2D eigenvalue weighted by atomic mass is 10.3. The van der Waals surface area contributed by atoms with Gasteiger partial charge in [-0.05, 0) is 36.9 Å². The monoisotopic (exact) mass is 423 g/mol. The molecule has 1 aliphatic rings. The van der Waals surface area contributed by atoms with Gasteiger partial charge in [-0.25, -0.2) is 0 Å². The van der Waals surface area contributed by atoms with Crippen molar-refractivity contribution in [3.63, 3.8) is 0 Å². The van der Waals surface area contributed by atoms with Crippen molar-refractivity contribution in [1.82, 2.24) is 15.1 Å². The van der Waals surface area contributed by atoms with Crippen molar-refractivity contribution >= 4 is 28.3 Å². The van der Waals surface area contributed by atoms with Gasteiger partial charge in [0.1, 0.15) is 5.76 Å². The summed E-state index contributed by atoms with van der Waals surface area (Å²) in [6.07, 6.45) is 0. The van der Waals surface area contributed by atoms with E-state index in [4.69, 9.17) is 16.0 Å². The van der Waals surface area contributed by atoms with E-state index in [1.165, 1.54) is 0 Å². The summed E-state index contributed by atoms with van der Waals surface area (Å²) in [5.41, 5.74) is 0. The highest BCUT2D eigenvalue weighted by molar-refractivity contribution is 7.84. The van der Waals surface area contributed by atoms with Crippen molar-refractivity contribution < 1.29 is 13.4 Å². The molecule has 1 atom stereocenters. The number of likely N-dealkylation sites (N-methyl/N-ethyl adjacent to an activating group) is 1. The van der Waals surface area contributed by atoms with Gasteiger partial charge in [-0.1, -0.05) is 24.6 Å². The Morgan fingerprint density at radius 1 is 1.18 bits per heavy atom. The quantitative estimate of drug-likeness (QED) is 0.707. The molecule has 1 N–H and O–H groups in total. The number of nitrogens with zero attached hydrogens (tertiary/aromatic N) is 2. The molecule has 1 aliphatic heterocycles. The van der Waals surface area contributed by atoms with Crippen molar-refractivity contribution in [2.75, 3.05) is 45.8 Å². The average Bonchev–Trinajstić information content (AvgIpc) is 3.17. The maximum atomic E-state index is 12.4. The van der Waals surface area contributed by atoms with Gasteiger partial charge in [0.15, 0.2) is 5.76 Å². The highest BCUT2D eigenvalue weighted by atomic mass is 35.5. The van der Waals surface area contributed by atoms with Crippen molar-refractivity contribution in [3.8, 4) is 0 Å². The van der Waals surface area contributed by atoms with E-state index in [0.717, 1.165) is 39.3 Å². The van der Waals surface area contributed by atoms with Crippen LogP contribution >= 0.6 is 11.6 Å². The molecule has 152 valence electrons. The number of nitrogens with one attached hydrogen (secondary N) is 1. The second-order valence-corrected chi connectivity index (χ2v) is 8.63. The van der Waals surface area contributed by atoms with Gasteiger partial charge in [0.2, 0.25) is 0 Å². The van der Waals surface area contributed by atoms with Crippen molar-refractivity contribution in [2.45, 2.75) is 17.6 Å².